The number of aromatic nitrogens is 4. The number of likely N-dealkylation sites (tertiary alicyclic amines) is 1. The Bertz CT molecular complexity index is 893. The number of hydrogen-bond acceptors (Lipinski definition) is 7. The first-order valence-electron chi connectivity index (χ1n) is 8.41. The number of fused-ring (bicyclic) bond motifs is 1. The van der Waals surface area contributed by atoms with Crippen molar-refractivity contribution in [2.75, 3.05) is 18.8 Å². The fourth-order valence-corrected chi connectivity index (χ4v) is 3.06. The average molecular weight is 380 g/mol. The summed E-state index contributed by atoms with van der Waals surface area (Å²) in [5, 5.41) is 13.6. The van der Waals surface area contributed by atoms with Gasteiger partial charge in [0.05, 0.1) is 18.0 Å². The van der Waals surface area contributed by atoms with E-state index in [1.807, 2.05) is 0 Å². The highest BCUT2D eigenvalue weighted by atomic mass is 19.1. The van der Waals surface area contributed by atoms with Crippen LogP contribution in [0.1, 0.15) is 43.7 Å². The van der Waals surface area contributed by atoms with E-state index >= 15 is 0 Å². The van der Waals surface area contributed by atoms with E-state index in [9.17, 15) is 19.1 Å². The fraction of sp³-hybridized carbons (Fsp3) is 0.562. The molecule has 3 rings (SSSR count). The smallest absolute Gasteiger partial charge is 0.410 e. The lowest BCUT2D eigenvalue weighted by molar-refractivity contribution is 0.00642. The third-order valence-corrected chi connectivity index (χ3v) is 4.10. The Morgan fingerprint density at radius 3 is 2.67 bits per heavy atom. The second-order valence-electron chi connectivity index (χ2n) is 7.43. The zero-order valence-electron chi connectivity index (χ0n) is 15.2. The molecule has 0 spiro atoms. The molecule has 1 fully saturated rings. The number of piperidine rings is 1. The van der Waals surface area contributed by atoms with Crippen LogP contribution in [0.15, 0.2) is 6.33 Å². The Kier molecular flexibility index (Phi) is 4.62. The Morgan fingerprint density at radius 1 is 1.33 bits per heavy atom. The molecule has 0 bridgehead atoms. The second-order valence-corrected chi connectivity index (χ2v) is 7.43. The lowest BCUT2D eigenvalue weighted by atomic mass is 10.0. The number of hydrogen-bond donors (Lipinski definition) is 2. The van der Waals surface area contributed by atoms with Crippen LogP contribution in [0.5, 0.6) is 0 Å². The van der Waals surface area contributed by atoms with Crippen molar-refractivity contribution in [3.05, 3.63) is 12.0 Å². The van der Waals surface area contributed by atoms with E-state index < -0.39 is 29.9 Å². The van der Waals surface area contributed by atoms with Gasteiger partial charge in [0.2, 0.25) is 0 Å². The van der Waals surface area contributed by atoms with Gasteiger partial charge in [-0.25, -0.2) is 28.6 Å². The minimum atomic E-state index is -1.32. The predicted molar refractivity (Wildman–Crippen MR) is 93.1 cm³/mol. The number of alkyl halides is 1. The fourth-order valence-electron chi connectivity index (χ4n) is 3.06. The Balaban J connectivity index is 1.97. The first-order chi connectivity index (χ1) is 12.6. The summed E-state index contributed by atoms with van der Waals surface area (Å²) in [6, 6.07) is -0.619. The molecule has 11 heteroatoms. The summed E-state index contributed by atoms with van der Waals surface area (Å²) in [5.41, 5.74) is 4.94. The van der Waals surface area contributed by atoms with Gasteiger partial charge >= 0.3 is 12.1 Å². The maximum absolute atomic E-state index is 14.3. The van der Waals surface area contributed by atoms with Gasteiger partial charge < -0.3 is 20.5 Å². The van der Waals surface area contributed by atoms with Crippen molar-refractivity contribution in [3.8, 4) is 0 Å². The van der Waals surface area contributed by atoms with Crippen LogP contribution in [-0.2, 0) is 4.74 Å². The van der Waals surface area contributed by atoms with Crippen LogP contribution in [0.25, 0.3) is 11.0 Å². The molecule has 1 unspecified atom stereocenters. The van der Waals surface area contributed by atoms with E-state index in [1.54, 1.807) is 20.8 Å². The zero-order chi connectivity index (χ0) is 19.9. The molecular formula is C16H21FN6O4. The number of ether oxygens (including phenoxy) is 1. The summed E-state index contributed by atoms with van der Waals surface area (Å²) < 4.78 is 21.0. The van der Waals surface area contributed by atoms with E-state index in [0.717, 1.165) is 0 Å². The summed E-state index contributed by atoms with van der Waals surface area (Å²) >= 11 is 0. The number of amides is 1. The van der Waals surface area contributed by atoms with Crippen LogP contribution in [0, 0.1) is 0 Å². The van der Waals surface area contributed by atoms with Crippen molar-refractivity contribution in [1.29, 1.82) is 0 Å². The van der Waals surface area contributed by atoms with Crippen LogP contribution < -0.4 is 5.73 Å². The minimum absolute atomic E-state index is 0.0275. The van der Waals surface area contributed by atoms with E-state index in [1.165, 1.54) is 15.9 Å². The molecule has 1 aliphatic heterocycles. The maximum atomic E-state index is 14.3. The molecule has 3 heterocycles. The number of halogens is 1. The highest BCUT2D eigenvalue weighted by molar-refractivity contribution is 6.04. The molecule has 3 N–H and O–H groups in total. The number of nitrogen functional groups attached to an aromatic ring is 1. The Hall–Kier alpha value is -2.98. The first-order valence-corrected chi connectivity index (χ1v) is 8.41. The number of rotatable bonds is 2. The second kappa shape index (κ2) is 6.63. The van der Waals surface area contributed by atoms with Crippen LogP contribution in [0.3, 0.4) is 0 Å². The number of nitrogens with zero attached hydrogens (tertiary/aromatic N) is 5. The van der Waals surface area contributed by atoms with Gasteiger partial charge in [0.1, 0.15) is 23.9 Å². The van der Waals surface area contributed by atoms with Gasteiger partial charge in [0.25, 0.3) is 0 Å². The van der Waals surface area contributed by atoms with Crippen molar-refractivity contribution < 1.29 is 23.8 Å². The van der Waals surface area contributed by atoms with Gasteiger partial charge in [0.15, 0.2) is 11.3 Å². The van der Waals surface area contributed by atoms with Crippen molar-refractivity contribution in [2.24, 2.45) is 0 Å². The van der Waals surface area contributed by atoms with E-state index in [4.69, 9.17) is 10.5 Å². The monoisotopic (exact) mass is 380 g/mol. The molecule has 1 amide bonds. The van der Waals surface area contributed by atoms with Crippen molar-refractivity contribution >= 4 is 28.9 Å². The summed E-state index contributed by atoms with van der Waals surface area (Å²) in [7, 11) is 0. The van der Waals surface area contributed by atoms with Gasteiger partial charge in [-0.05, 0) is 20.8 Å². The lowest BCUT2D eigenvalue weighted by Crippen LogP contribution is -2.47. The highest BCUT2D eigenvalue weighted by Crippen LogP contribution is 2.30. The molecule has 1 saturated heterocycles. The van der Waals surface area contributed by atoms with Crippen LogP contribution in [0.4, 0.5) is 15.0 Å². The third-order valence-electron chi connectivity index (χ3n) is 4.10. The number of carboxylic acids is 1. The SMILES string of the molecule is CC(C)(C)OC(=O)N1CC(F)C[C@@H](n2nc(C(=O)O)c3c(N)ncnc32)C1. The standard InChI is InChI=1S/C16H21FN6O4/c1-16(2,3)27-15(26)22-5-8(17)4-9(6-22)23-13-10(11(21-23)14(24)25)12(18)19-7-20-13/h7-9H,4-6H2,1-3H3,(H,24,25)(H2,18,19,20)/t8?,9-/m1/s1. The summed E-state index contributed by atoms with van der Waals surface area (Å²) in [6.45, 7) is 5.17. The molecule has 27 heavy (non-hydrogen) atoms. The number of aromatic carboxylic acids is 1. The molecule has 0 radical (unpaired) electrons. The molecule has 2 atom stereocenters. The van der Waals surface area contributed by atoms with Gasteiger partial charge in [-0.1, -0.05) is 0 Å². The minimum Gasteiger partial charge on any atom is -0.476 e. The van der Waals surface area contributed by atoms with Crippen LogP contribution >= 0.6 is 0 Å². The zero-order valence-corrected chi connectivity index (χ0v) is 15.2. The third kappa shape index (κ3) is 3.76. The molecule has 0 aromatic carbocycles. The summed E-state index contributed by atoms with van der Waals surface area (Å²) in [6.07, 6.45) is -0.719. The molecular weight excluding hydrogens is 359 g/mol. The maximum Gasteiger partial charge on any atom is 0.410 e. The van der Waals surface area contributed by atoms with Crippen molar-refractivity contribution in [1.82, 2.24) is 24.6 Å². The average Bonchev–Trinajstić information content (AvgIpc) is 2.94. The molecule has 10 nitrogen and oxygen atoms in total. The van der Waals surface area contributed by atoms with Crippen molar-refractivity contribution in [3.63, 3.8) is 0 Å². The number of anilines is 1. The molecule has 1 aliphatic rings. The van der Waals surface area contributed by atoms with Gasteiger partial charge in [-0.2, -0.15) is 5.10 Å². The lowest BCUT2D eigenvalue weighted by Gasteiger charge is -2.35. The quantitative estimate of drug-likeness (QED) is 0.802. The first kappa shape index (κ1) is 18.8. The van der Waals surface area contributed by atoms with Gasteiger partial charge in [0, 0.05) is 13.0 Å². The number of carbonyl (C=O) groups is 2. The van der Waals surface area contributed by atoms with Crippen molar-refractivity contribution in [2.45, 2.75) is 45.0 Å². The highest BCUT2D eigenvalue weighted by Gasteiger charge is 2.35. The topological polar surface area (TPSA) is 136 Å². The van der Waals surface area contributed by atoms with Crippen LogP contribution in [0.2, 0.25) is 0 Å². The van der Waals surface area contributed by atoms with Gasteiger partial charge in [-0.15, -0.1) is 0 Å². The molecule has 0 saturated carbocycles. The molecule has 2 aromatic heterocycles. The summed E-state index contributed by atoms with van der Waals surface area (Å²) in [4.78, 5) is 33.0. The summed E-state index contributed by atoms with van der Waals surface area (Å²) in [5.74, 6) is -1.32. The Morgan fingerprint density at radius 2 is 2.04 bits per heavy atom. The molecule has 0 aliphatic carbocycles. The molecule has 146 valence electrons. The predicted octanol–water partition coefficient (Wildman–Crippen LogP) is 1.63. The van der Waals surface area contributed by atoms with E-state index in [-0.39, 0.29) is 42.1 Å². The van der Waals surface area contributed by atoms with Crippen LogP contribution in [-0.4, -0.2) is 66.7 Å². The number of carboxylic acid groups (broad SMARTS) is 1. The number of carbonyl (C=O) groups excluding carboxylic acids is 1. The molecule has 2 aromatic rings. The van der Waals surface area contributed by atoms with E-state index in [2.05, 4.69) is 15.1 Å². The normalized spacial score (nSPS) is 20.7. The van der Waals surface area contributed by atoms with Gasteiger partial charge in [-0.3, -0.25) is 0 Å². The largest absolute Gasteiger partial charge is 0.476 e. The van der Waals surface area contributed by atoms with E-state index in [0.29, 0.717) is 0 Å². The number of nitrogens with two attached hydrogens (primary N) is 1. The Labute approximate surface area is 154 Å².